The molecule has 3 heteroatoms. The number of hydrogen-bond acceptors (Lipinski definition) is 3. The van der Waals surface area contributed by atoms with E-state index in [1.54, 1.807) is 11.8 Å². The highest BCUT2D eigenvalue weighted by Crippen LogP contribution is 2.19. The van der Waals surface area contributed by atoms with Gasteiger partial charge in [-0.25, -0.2) is 0 Å². The fraction of sp³-hybridized carbons (Fsp3) is 0.500. The standard InChI is InChI=1S/C12H18O2S/c1-15-12-7-5-11(6-8-12)14-10-4-2-3-9-13/h5-8,13H,2-4,9-10H2,1H3. The third kappa shape index (κ3) is 5.09. The number of unbranched alkanes of at least 4 members (excludes halogenated alkanes) is 2. The molecule has 0 saturated heterocycles. The maximum absolute atomic E-state index is 8.60. The molecule has 0 aliphatic carbocycles. The summed E-state index contributed by atoms with van der Waals surface area (Å²) in [5, 5.41) is 8.60. The first-order valence-electron chi connectivity index (χ1n) is 5.24. The number of rotatable bonds is 7. The predicted molar refractivity (Wildman–Crippen MR) is 64.7 cm³/mol. The summed E-state index contributed by atoms with van der Waals surface area (Å²) in [5.41, 5.74) is 0. The van der Waals surface area contributed by atoms with Gasteiger partial charge >= 0.3 is 0 Å². The van der Waals surface area contributed by atoms with E-state index in [1.807, 2.05) is 12.1 Å². The SMILES string of the molecule is CSc1ccc(OCCCCCO)cc1. The van der Waals surface area contributed by atoms with Crippen LogP contribution in [0.25, 0.3) is 0 Å². The number of benzene rings is 1. The molecule has 1 rings (SSSR count). The van der Waals surface area contributed by atoms with Crippen LogP contribution in [0.4, 0.5) is 0 Å². The molecule has 0 amide bonds. The molecule has 0 aliphatic rings. The Labute approximate surface area is 95.7 Å². The van der Waals surface area contributed by atoms with Crippen molar-refractivity contribution >= 4 is 11.8 Å². The van der Waals surface area contributed by atoms with Crippen molar-refractivity contribution in [3.63, 3.8) is 0 Å². The van der Waals surface area contributed by atoms with Gasteiger partial charge in [-0.3, -0.25) is 0 Å². The Balaban J connectivity index is 2.20. The highest BCUT2D eigenvalue weighted by Gasteiger charge is 1.94. The fourth-order valence-electron chi connectivity index (χ4n) is 1.25. The number of aliphatic hydroxyl groups excluding tert-OH is 1. The van der Waals surface area contributed by atoms with Crippen LogP contribution in [0.2, 0.25) is 0 Å². The summed E-state index contributed by atoms with van der Waals surface area (Å²) in [5.74, 6) is 0.928. The molecule has 0 unspecified atom stereocenters. The molecule has 0 radical (unpaired) electrons. The van der Waals surface area contributed by atoms with E-state index in [0.717, 1.165) is 31.6 Å². The first kappa shape index (κ1) is 12.4. The lowest BCUT2D eigenvalue weighted by atomic mass is 10.2. The maximum Gasteiger partial charge on any atom is 0.119 e. The summed E-state index contributed by atoms with van der Waals surface area (Å²) >= 11 is 1.73. The van der Waals surface area contributed by atoms with Crippen molar-refractivity contribution < 1.29 is 9.84 Å². The van der Waals surface area contributed by atoms with Crippen molar-refractivity contribution in [3.05, 3.63) is 24.3 Å². The second kappa shape index (κ2) is 7.60. The van der Waals surface area contributed by atoms with E-state index < -0.39 is 0 Å². The monoisotopic (exact) mass is 226 g/mol. The zero-order valence-corrected chi connectivity index (χ0v) is 9.93. The minimum absolute atomic E-state index is 0.280. The van der Waals surface area contributed by atoms with Crippen molar-refractivity contribution in [1.29, 1.82) is 0 Å². The summed E-state index contributed by atoms with van der Waals surface area (Å²) in [4.78, 5) is 1.25. The Morgan fingerprint density at radius 3 is 2.47 bits per heavy atom. The molecule has 1 aromatic carbocycles. The Bertz CT molecular complexity index is 259. The van der Waals surface area contributed by atoms with Crippen LogP contribution < -0.4 is 4.74 Å². The van der Waals surface area contributed by atoms with Crippen LogP contribution in [-0.2, 0) is 0 Å². The van der Waals surface area contributed by atoms with E-state index in [-0.39, 0.29) is 6.61 Å². The Kier molecular flexibility index (Phi) is 6.28. The highest BCUT2D eigenvalue weighted by molar-refractivity contribution is 7.98. The topological polar surface area (TPSA) is 29.5 Å². The van der Waals surface area contributed by atoms with Crippen LogP contribution in [-0.4, -0.2) is 24.6 Å². The largest absolute Gasteiger partial charge is 0.494 e. The third-order valence-corrected chi connectivity index (χ3v) is 2.87. The van der Waals surface area contributed by atoms with Crippen molar-refractivity contribution in [1.82, 2.24) is 0 Å². The fourth-order valence-corrected chi connectivity index (χ4v) is 1.66. The summed E-state index contributed by atoms with van der Waals surface area (Å²) in [7, 11) is 0. The Morgan fingerprint density at radius 2 is 1.87 bits per heavy atom. The van der Waals surface area contributed by atoms with Crippen LogP contribution in [0, 0.1) is 0 Å². The first-order valence-corrected chi connectivity index (χ1v) is 6.47. The molecule has 0 atom stereocenters. The quantitative estimate of drug-likeness (QED) is 0.572. The Hall–Kier alpha value is -0.670. The summed E-state index contributed by atoms with van der Waals surface area (Å²) in [6, 6.07) is 8.12. The lowest BCUT2D eigenvalue weighted by Crippen LogP contribution is -1.97. The molecule has 15 heavy (non-hydrogen) atoms. The molecule has 1 N–H and O–H groups in total. The van der Waals surface area contributed by atoms with E-state index in [1.165, 1.54) is 4.90 Å². The summed E-state index contributed by atoms with van der Waals surface area (Å²) in [6.45, 7) is 1.01. The minimum atomic E-state index is 0.280. The van der Waals surface area contributed by atoms with E-state index in [0.29, 0.717) is 0 Å². The second-order valence-electron chi connectivity index (χ2n) is 3.31. The van der Waals surface area contributed by atoms with Crippen LogP contribution in [0.1, 0.15) is 19.3 Å². The maximum atomic E-state index is 8.60. The molecule has 0 saturated carbocycles. The van der Waals surface area contributed by atoms with Gasteiger partial charge in [0, 0.05) is 11.5 Å². The smallest absolute Gasteiger partial charge is 0.119 e. The van der Waals surface area contributed by atoms with Crippen molar-refractivity contribution in [2.24, 2.45) is 0 Å². The molecule has 84 valence electrons. The van der Waals surface area contributed by atoms with Gasteiger partial charge in [0.25, 0.3) is 0 Å². The third-order valence-electron chi connectivity index (χ3n) is 2.13. The van der Waals surface area contributed by atoms with Crippen molar-refractivity contribution in [2.45, 2.75) is 24.2 Å². The molecular formula is C12H18O2S. The molecule has 0 fully saturated rings. The van der Waals surface area contributed by atoms with E-state index in [2.05, 4.69) is 18.4 Å². The highest BCUT2D eigenvalue weighted by atomic mass is 32.2. The van der Waals surface area contributed by atoms with Gasteiger partial charge in [-0.2, -0.15) is 0 Å². The van der Waals surface area contributed by atoms with Gasteiger partial charge in [-0.05, 0) is 49.8 Å². The average Bonchev–Trinajstić information content (AvgIpc) is 2.30. The second-order valence-corrected chi connectivity index (χ2v) is 4.19. The molecule has 0 heterocycles. The molecule has 0 aromatic heterocycles. The normalized spacial score (nSPS) is 10.3. The van der Waals surface area contributed by atoms with Crippen molar-refractivity contribution in [3.8, 4) is 5.75 Å². The van der Waals surface area contributed by atoms with Gasteiger partial charge in [0.05, 0.1) is 6.61 Å². The van der Waals surface area contributed by atoms with Crippen LogP contribution >= 0.6 is 11.8 Å². The van der Waals surface area contributed by atoms with Gasteiger partial charge in [-0.15, -0.1) is 11.8 Å². The van der Waals surface area contributed by atoms with E-state index in [9.17, 15) is 0 Å². The zero-order valence-electron chi connectivity index (χ0n) is 9.11. The number of aliphatic hydroxyl groups is 1. The molecular weight excluding hydrogens is 208 g/mol. The van der Waals surface area contributed by atoms with Gasteiger partial charge in [0.1, 0.15) is 5.75 Å². The Morgan fingerprint density at radius 1 is 1.13 bits per heavy atom. The van der Waals surface area contributed by atoms with Crippen LogP contribution in [0.5, 0.6) is 5.75 Å². The van der Waals surface area contributed by atoms with Crippen LogP contribution in [0.3, 0.4) is 0 Å². The van der Waals surface area contributed by atoms with Crippen molar-refractivity contribution in [2.75, 3.05) is 19.5 Å². The number of ether oxygens (including phenoxy) is 1. The van der Waals surface area contributed by atoms with Gasteiger partial charge in [-0.1, -0.05) is 0 Å². The lowest BCUT2D eigenvalue weighted by molar-refractivity contribution is 0.266. The summed E-state index contributed by atoms with van der Waals surface area (Å²) in [6.07, 6.45) is 4.96. The summed E-state index contributed by atoms with van der Waals surface area (Å²) < 4.78 is 5.56. The van der Waals surface area contributed by atoms with Gasteiger partial charge in [0.2, 0.25) is 0 Å². The number of thioether (sulfide) groups is 1. The minimum Gasteiger partial charge on any atom is -0.494 e. The molecule has 1 aromatic rings. The molecule has 0 spiro atoms. The zero-order chi connectivity index (χ0) is 10.9. The van der Waals surface area contributed by atoms with Crippen LogP contribution in [0.15, 0.2) is 29.2 Å². The molecule has 2 nitrogen and oxygen atoms in total. The average molecular weight is 226 g/mol. The molecule has 0 bridgehead atoms. The first-order chi connectivity index (χ1) is 7.36. The number of hydrogen-bond donors (Lipinski definition) is 1. The molecule has 0 aliphatic heterocycles. The van der Waals surface area contributed by atoms with Gasteiger partial charge in [0.15, 0.2) is 0 Å². The lowest BCUT2D eigenvalue weighted by Gasteiger charge is -2.06. The van der Waals surface area contributed by atoms with E-state index in [4.69, 9.17) is 9.84 Å². The van der Waals surface area contributed by atoms with Gasteiger partial charge < -0.3 is 9.84 Å². The van der Waals surface area contributed by atoms with E-state index >= 15 is 0 Å². The predicted octanol–water partition coefficient (Wildman–Crippen LogP) is 2.95.